The fourth-order valence-corrected chi connectivity index (χ4v) is 3.64. The Kier molecular flexibility index (Phi) is 4.67. The number of rotatable bonds is 4. The third-order valence-electron chi connectivity index (χ3n) is 3.12. The summed E-state index contributed by atoms with van der Waals surface area (Å²) in [5, 5.41) is 0. The minimum absolute atomic E-state index is 0.679. The second kappa shape index (κ2) is 6.30. The first kappa shape index (κ1) is 15.6. The van der Waals surface area contributed by atoms with Crippen molar-refractivity contribution in [3.05, 3.63) is 71.8 Å². The van der Waals surface area contributed by atoms with Crippen molar-refractivity contribution in [3.63, 3.8) is 0 Å². The zero-order chi connectivity index (χ0) is 15.3. The van der Waals surface area contributed by atoms with Gasteiger partial charge in [-0.1, -0.05) is 66.6 Å². The minimum Gasteiger partial charge on any atom is -0.395 e. The van der Waals surface area contributed by atoms with Gasteiger partial charge >= 0.3 is 0 Å². The van der Waals surface area contributed by atoms with Crippen LogP contribution in [0.15, 0.2) is 60.7 Å². The lowest BCUT2D eigenvalue weighted by Crippen LogP contribution is -2.40. The van der Waals surface area contributed by atoms with Gasteiger partial charge in [-0.15, -0.1) is 5.92 Å². The Morgan fingerprint density at radius 3 is 1.57 bits per heavy atom. The first-order valence-corrected chi connectivity index (χ1v) is 10.6. The summed E-state index contributed by atoms with van der Waals surface area (Å²) < 4.78 is 6.60. The number of hydrogen-bond acceptors (Lipinski definition) is 1. The summed E-state index contributed by atoms with van der Waals surface area (Å²) in [4.78, 5) is 0. The second-order valence-electron chi connectivity index (χ2n) is 6.00. The molecule has 1 nitrogen and oxygen atoms in total. The summed E-state index contributed by atoms with van der Waals surface area (Å²) in [5.41, 5.74) is 1.50. The molecule has 0 aromatic heterocycles. The van der Waals surface area contributed by atoms with E-state index in [1.54, 1.807) is 0 Å². The summed E-state index contributed by atoms with van der Waals surface area (Å²) in [7, 11) is -1.80. The molecule has 0 aliphatic heterocycles. The Morgan fingerprint density at radius 1 is 0.810 bits per heavy atom. The molecule has 108 valence electrons. The number of hydrogen-bond donors (Lipinski definition) is 0. The lowest BCUT2D eigenvalue weighted by atomic mass is 9.87. The Hall–Kier alpha value is -1.82. The van der Waals surface area contributed by atoms with Crippen molar-refractivity contribution in [1.82, 2.24) is 0 Å². The lowest BCUT2D eigenvalue weighted by Gasteiger charge is -2.36. The fraction of sp³-hybridized carbons (Fsp3) is 0.263. The van der Waals surface area contributed by atoms with E-state index in [9.17, 15) is 0 Å². The van der Waals surface area contributed by atoms with E-state index < -0.39 is 13.9 Å². The molecule has 0 atom stereocenters. The molecule has 2 heteroatoms. The van der Waals surface area contributed by atoms with Gasteiger partial charge in [0.2, 0.25) is 0 Å². The highest BCUT2D eigenvalue weighted by Crippen LogP contribution is 2.36. The van der Waals surface area contributed by atoms with Crippen LogP contribution >= 0.6 is 0 Å². The van der Waals surface area contributed by atoms with Crippen LogP contribution in [-0.4, -0.2) is 8.32 Å². The molecular weight excluding hydrogens is 272 g/mol. The predicted octanol–water partition coefficient (Wildman–Crippen LogP) is 4.81. The molecule has 2 rings (SSSR count). The Labute approximate surface area is 129 Å². The van der Waals surface area contributed by atoms with E-state index in [4.69, 9.17) is 4.43 Å². The highest BCUT2D eigenvalue weighted by atomic mass is 28.4. The smallest absolute Gasteiger partial charge is 0.186 e. The quantitative estimate of drug-likeness (QED) is 0.581. The molecule has 2 aromatic rings. The zero-order valence-corrected chi connectivity index (χ0v) is 14.2. The first-order chi connectivity index (χ1) is 9.98. The van der Waals surface area contributed by atoms with Gasteiger partial charge in [-0.05, 0) is 37.7 Å². The van der Waals surface area contributed by atoms with Gasteiger partial charge in [0.25, 0.3) is 0 Å². The van der Waals surface area contributed by atoms with Gasteiger partial charge in [-0.2, -0.15) is 0 Å². The monoisotopic (exact) mass is 294 g/mol. The molecule has 0 spiro atoms. The lowest BCUT2D eigenvalue weighted by molar-refractivity contribution is 0.166. The zero-order valence-electron chi connectivity index (χ0n) is 13.2. The van der Waals surface area contributed by atoms with Crippen LogP contribution in [0.3, 0.4) is 0 Å². The van der Waals surface area contributed by atoms with Gasteiger partial charge in [0, 0.05) is 0 Å². The molecular formula is C19H22OSi. The van der Waals surface area contributed by atoms with Crippen molar-refractivity contribution < 1.29 is 4.43 Å². The van der Waals surface area contributed by atoms with Crippen molar-refractivity contribution in [3.8, 4) is 11.8 Å². The maximum Gasteiger partial charge on any atom is 0.186 e. The Balaban J connectivity index is 2.68. The molecule has 0 aliphatic carbocycles. The van der Waals surface area contributed by atoms with E-state index in [1.807, 2.05) is 43.3 Å². The van der Waals surface area contributed by atoms with Crippen molar-refractivity contribution in [2.75, 3.05) is 0 Å². The Morgan fingerprint density at radius 2 is 1.24 bits per heavy atom. The molecule has 0 fully saturated rings. The third-order valence-corrected chi connectivity index (χ3v) is 4.04. The van der Waals surface area contributed by atoms with Gasteiger partial charge in [-0.25, -0.2) is 0 Å². The topological polar surface area (TPSA) is 9.23 Å². The van der Waals surface area contributed by atoms with Gasteiger partial charge in [0.1, 0.15) is 0 Å². The van der Waals surface area contributed by atoms with Crippen LogP contribution in [0.1, 0.15) is 18.1 Å². The van der Waals surface area contributed by atoms with Gasteiger partial charge in [0.15, 0.2) is 13.9 Å². The minimum atomic E-state index is -1.80. The van der Waals surface area contributed by atoms with Gasteiger partial charge < -0.3 is 4.43 Å². The van der Waals surface area contributed by atoms with Crippen LogP contribution in [0.2, 0.25) is 19.6 Å². The summed E-state index contributed by atoms with van der Waals surface area (Å²) in [5.74, 6) is 6.42. The molecule has 0 saturated heterocycles. The normalized spacial score (nSPS) is 11.6. The molecule has 21 heavy (non-hydrogen) atoms. The predicted molar refractivity (Wildman–Crippen MR) is 91.5 cm³/mol. The van der Waals surface area contributed by atoms with Crippen LogP contribution in [0.5, 0.6) is 0 Å². The van der Waals surface area contributed by atoms with Gasteiger partial charge in [-0.3, -0.25) is 0 Å². The van der Waals surface area contributed by atoms with Crippen molar-refractivity contribution in [1.29, 1.82) is 0 Å². The molecule has 0 saturated carbocycles. The van der Waals surface area contributed by atoms with Crippen molar-refractivity contribution in [2.45, 2.75) is 32.2 Å². The molecule has 0 amide bonds. The standard InChI is InChI=1S/C19H22OSi/c1-5-16-19(20-21(2,3)4,17-12-8-6-9-13-17)18-14-10-7-11-15-18/h6-15H,1-4H3. The van der Waals surface area contributed by atoms with Crippen LogP contribution < -0.4 is 0 Å². The molecule has 0 radical (unpaired) electrons. The summed E-state index contributed by atoms with van der Waals surface area (Å²) in [6.07, 6.45) is 0. The molecule has 0 heterocycles. The highest BCUT2D eigenvalue weighted by molar-refractivity contribution is 6.69. The van der Waals surface area contributed by atoms with Gasteiger partial charge in [0.05, 0.1) is 0 Å². The molecule has 0 aliphatic rings. The van der Waals surface area contributed by atoms with E-state index >= 15 is 0 Å². The number of benzene rings is 2. The van der Waals surface area contributed by atoms with E-state index in [0.29, 0.717) is 0 Å². The third kappa shape index (κ3) is 3.63. The SMILES string of the molecule is CC#CC(O[Si](C)(C)C)(c1ccccc1)c1ccccc1. The highest BCUT2D eigenvalue weighted by Gasteiger charge is 2.37. The fourth-order valence-electron chi connectivity index (χ4n) is 2.44. The molecule has 0 bridgehead atoms. The van der Waals surface area contributed by atoms with Crippen LogP contribution in [0.4, 0.5) is 0 Å². The van der Waals surface area contributed by atoms with Crippen LogP contribution in [0.25, 0.3) is 0 Å². The van der Waals surface area contributed by atoms with Crippen molar-refractivity contribution >= 4 is 8.32 Å². The van der Waals surface area contributed by atoms with E-state index in [1.165, 1.54) is 0 Å². The average molecular weight is 294 g/mol. The summed E-state index contributed by atoms with van der Waals surface area (Å²) in [6, 6.07) is 20.6. The van der Waals surface area contributed by atoms with E-state index in [0.717, 1.165) is 11.1 Å². The summed E-state index contributed by atoms with van der Waals surface area (Å²) in [6.45, 7) is 8.47. The molecule has 2 aromatic carbocycles. The molecule has 0 N–H and O–H groups in total. The largest absolute Gasteiger partial charge is 0.395 e. The van der Waals surface area contributed by atoms with Crippen LogP contribution in [0, 0.1) is 11.8 Å². The van der Waals surface area contributed by atoms with Crippen LogP contribution in [-0.2, 0) is 10.0 Å². The van der Waals surface area contributed by atoms with Crippen molar-refractivity contribution in [2.24, 2.45) is 0 Å². The molecule has 0 unspecified atom stereocenters. The summed E-state index contributed by atoms with van der Waals surface area (Å²) >= 11 is 0. The second-order valence-corrected chi connectivity index (χ2v) is 10.4. The average Bonchev–Trinajstić information content (AvgIpc) is 2.47. The first-order valence-electron chi connectivity index (χ1n) is 7.23. The Bertz CT molecular complexity index is 591. The van der Waals surface area contributed by atoms with E-state index in [-0.39, 0.29) is 0 Å². The maximum atomic E-state index is 6.60. The maximum absolute atomic E-state index is 6.60. The van der Waals surface area contributed by atoms with E-state index in [2.05, 4.69) is 55.7 Å².